The Morgan fingerprint density at radius 2 is 1.71 bits per heavy atom. The molecule has 4 rings (SSSR count). The Kier molecular flexibility index (Phi) is 16.1. The predicted octanol–water partition coefficient (Wildman–Crippen LogP) is 4.71. The molecule has 0 radical (unpaired) electrons. The van der Waals surface area contributed by atoms with E-state index in [1.54, 1.807) is 26.0 Å². The number of aliphatic hydroxyl groups excluding tert-OH is 2. The van der Waals surface area contributed by atoms with E-state index in [-0.39, 0.29) is 56.0 Å². The number of esters is 3. The third kappa shape index (κ3) is 12.1. The van der Waals surface area contributed by atoms with Crippen LogP contribution in [0.2, 0.25) is 0 Å². The highest BCUT2D eigenvalue weighted by Crippen LogP contribution is 2.47. The van der Waals surface area contributed by atoms with Crippen molar-refractivity contribution in [2.45, 2.75) is 185 Å². The van der Waals surface area contributed by atoms with E-state index < -0.39 is 65.9 Å². The first-order chi connectivity index (χ1) is 24.7. The van der Waals surface area contributed by atoms with Crippen molar-refractivity contribution in [1.82, 2.24) is 0 Å². The van der Waals surface area contributed by atoms with Gasteiger partial charge in [-0.2, -0.15) is 0 Å². The Balaban J connectivity index is 1.70. The zero-order chi connectivity index (χ0) is 37.9. The molecule has 3 N–H and O–H groups in total. The molecular weight excluding hydrogens is 676 g/mol. The second-order valence-electron chi connectivity index (χ2n) is 15.4. The minimum atomic E-state index is -2.26. The Hall–Kier alpha value is -2.39. The Bertz CT molecular complexity index is 1230. The van der Waals surface area contributed by atoms with E-state index >= 15 is 0 Å². The van der Waals surface area contributed by atoms with Crippen molar-refractivity contribution < 1.29 is 62.9 Å². The van der Waals surface area contributed by atoms with Gasteiger partial charge < -0.3 is 48.5 Å². The highest BCUT2D eigenvalue weighted by atomic mass is 16.7. The van der Waals surface area contributed by atoms with Gasteiger partial charge in [0, 0.05) is 30.8 Å². The van der Waals surface area contributed by atoms with E-state index in [9.17, 15) is 29.7 Å². The molecule has 3 saturated heterocycles. The lowest BCUT2D eigenvalue weighted by Gasteiger charge is -2.51. The summed E-state index contributed by atoms with van der Waals surface area (Å²) in [4.78, 5) is 39.1. The molecule has 0 aromatic carbocycles. The quantitative estimate of drug-likeness (QED) is 0.0976. The van der Waals surface area contributed by atoms with Crippen LogP contribution in [0.4, 0.5) is 0 Å². The summed E-state index contributed by atoms with van der Waals surface area (Å²) in [6.07, 6.45) is 6.24. The van der Waals surface area contributed by atoms with Crippen LogP contribution in [-0.4, -0.2) is 108 Å². The topological polar surface area (TPSA) is 177 Å². The maximum atomic E-state index is 13.3. The van der Waals surface area contributed by atoms with Crippen LogP contribution in [0, 0.1) is 5.41 Å². The molecule has 4 aliphatic rings. The monoisotopic (exact) mass is 738 g/mol. The van der Waals surface area contributed by atoms with Gasteiger partial charge in [-0.15, -0.1) is 0 Å². The van der Waals surface area contributed by atoms with Gasteiger partial charge in [0.1, 0.15) is 6.10 Å². The molecule has 0 saturated carbocycles. The minimum absolute atomic E-state index is 0.00818. The number of hydrogen-bond donors (Lipinski definition) is 3. The van der Waals surface area contributed by atoms with Gasteiger partial charge in [0.15, 0.2) is 12.4 Å². The number of cyclic esters (lactones) is 1. The lowest BCUT2D eigenvalue weighted by molar-refractivity contribution is -0.327. The number of fused-ring (bicyclic) bond motifs is 6. The van der Waals surface area contributed by atoms with Crippen LogP contribution in [0.1, 0.15) is 124 Å². The number of ether oxygens (including phenoxy) is 7. The molecule has 13 nitrogen and oxygen atoms in total. The second kappa shape index (κ2) is 19.8. The summed E-state index contributed by atoms with van der Waals surface area (Å²) in [6.45, 7) is 7.45. The maximum absolute atomic E-state index is 13.3. The average Bonchev–Trinajstić information content (AvgIpc) is 3.08. The molecule has 3 fully saturated rings. The molecule has 0 amide bonds. The normalized spacial score (nSPS) is 36.5. The zero-order valence-electron chi connectivity index (χ0n) is 31.7. The molecule has 0 unspecified atom stereocenters. The third-order valence-corrected chi connectivity index (χ3v) is 10.6. The van der Waals surface area contributed by atoms with Gasteiger partial charge in [0.25, 0.3) is 0 Å². The van der Waals surface area contributed by atoms with Gasteiger partial charge in [-0.1, -0.05) is 52.5 Å². The molecule has 13 heteroatoms. The fourth-order valence-electron chi connectivity index (χ4n) is 7.51. The summed E-state index contributed by atoms with van der Waals surface area (Å²) in [6, 6.07) is 0. The summed E-state index contributed by atoms with van der Waals surface area (Å²) in [7, 11) is 1.22. The maximum Gasteiger partial charge on any atom is 0.330 e. The van der Waals surface area contributed by atoms with Gasteiger partial charge >= 0.3 is 17.9 Å². The molecule has 10 atom stereocenters. The SMILES string of the molecule is CCCCCCCC(=O)O[C@H]1/C(=C/C(=O)OC)C[C@@H]2C[C@H]([C@@H](C)O)OC(=O)C[C@H](O)C[C@@H]3CCC[C@H](C[C@@H]4CCO[C@H](/C=C\C(C)(C)[C@]1(O)O2)O4)O3. The smallest absolute Gasteiger partial charge is 0.330 e. The summed E-state index contributed by atoms with van der Waals surface area (Å²) in [5.41, 5.74) is -1.05. The van der Waals surface area contributed by atoms with Crippen molar-refractivity contribution in [3.8, 4) is 0 Å². The molecule has 4 aliphatic heterocycles. The zero-order valence-corrected chi connectivity index (χ0v) is 31.7. The van der Waals surface area contributed by atoms with Crippen LogP contribution in [0.5, 0.6) is 0 Å². The summed E-state index contributed by atoms with van der Waals surface area (Å²) < 4.78 is 41.7. The number of hydrogen-bond acceptors (Lipinski definition) is 13. The Morgan fingerprint density at radius 1 is 1.00 bits per heavy atom. The second-order valence-corrected chi connectivity index (χ2v) is 15.4. The Labute approximate surface area is 308 Å². The summed E-state index contributed by atoms with van der Waals surface area (Å²) in [5, 5.41) is 34.3. The molecular formula is C39H62O13. The lowest BCUT2D eigenvalue weighted by Crippen LogP contribution is -2.62. The first-order valence-corrected chi connectivity index (χ1v) is 19.3. The van der Waals surface area contributed by atoms with Crippen molar-refractivity contribution in [3.05, 3.63) is 23.8 Å². The molecule has 52 heavy (non-hydrogen) atoms. The van der Waals surface area contributed by atoms with Gasteiger partial charge in [-0.25, -0.2) is 4.79 Å². The molecule has 0 aromatic heterocycles. The standard InChI is InChI=1S/C39H62O13/c1-6-7-8-9-10-14-33(42)51-37-26(20-34(43)46-5)19-31-24-32(25(2)40)50-35(44)22-27(41)21-28-12-11-13-29(48-28)23-30-16-18-47-36(49-30)15-17-38(3,4)39(37,45)52-31/h15,17,20,25,27-32,36-37,40-41,45H,6-14,16,18-19,21-24H2,1-5H3/b17-15-,26-20+/t25-,27-,28+,29-,30+,31-,32-,36+,37+,39-/m1/s1. The first kappa shape index (κ1) is 42.4. The molecule has 4 heterocycles. The van der Waals surface area contributed by atoms with E-state index in [4.69, 9.17) is 33.2 Å². The number of aliphatic hydroxyl groups is 3. The molecule has 0 aromatic rings. The van der Waals surface area contributed by atoms with Crippen LogP contribution in [-0.2, 0) is 47.5 Å². The van der Waals surface area contributed by atoms with Crippen molar-refractivity contribution >= 4 is 17.9 Å². The van der Waals surface area contributed by atoms with Crippen molar-refractivity contribution in [3.63, 3.8) is 0 Å². The number of carbonyl (C=O) groups excluding carboxylic acids is 3. The van der Waals surface area contributed by atoms with Gasteiger partial charge in [-0.05, 0) is 63.5 Å². The van der Waals surface area contributed by atoms with Gasteiger partial charge in [-0.3, -0.25) is 9.59 Å². The van der Waals surface area contributed by atoms with Crippen LogP contribution in [0.3, 0.4) is 0 Å². The van der Waals surface area contributed by atoms with Gasteiger partial charge in [0.05, 0.1) is 56.8 Å². The number of unbranched alkanes of at least 4 members (excludes halogenated alkanes) is 4. The first-order valence-electron chi connectivity index (χ1n) is 19.3. The molecule has 296 valence electrons. The fraction of sp³-hybridized carbons (Fsp3) is 0.821. The van der Waals surface area contributed by atoms with E-state index in [1.807, 2.05) is 0 Å². The largest absolute Gasteiger partial charge is 0.466 e. The molecule has 0 aliphatic carbocycles. The van der Waals surface area contributed by atoms with Crippen LogP contribution >= 0.6 is 0 Å². The van der Waals surface area contributed by atoms with Crippen LogP contribution in [0.15, 0.2) is 23.8 Å². The summed E-state index contributed by atoms with van der Waals surface area (Å²) in [5.74, 6) is -4.23. The van der Waals surface area contributed by atoms with Crippen LogP contribution < -0.4 is 0 Å². The van der Waals surface area contributed by atoms with Crippen molar-refractivity contribution in [2.24, 2.45) is 5.41 Å². The fourth-order valence-corrected chi connectivity index (χ4v) is 7.51. The van der Waals surface area contributed by atoms with E-state index in [0.717, 1.165) is 44.9 Å². The third-order valence-electron chi connectivity index (χ3n) is 10.6. The predicted molar refractivity (Wildman–Crippen MR) is 188 cm³/mol. The Morgan fingerprint density at radius 3 is 2.42 bits per heavy atom. The van der Waals surface area contributed by atoms with Crippen LogP contribution in [0.25, 0.3) is 0 Å². The molecule has 0 spiro atoms. The highest BCUT2D eigenvalue weighted by Gasteiger charge is 2.57. The van der Waals surface area contributed by atoms with Crippen molar-refractivity contribution in [2.75, 3.05) is 13.7 Å². The van der Waals surface area contributed by atoms with E-state index in [2.05, 4.69) is 6.92 Å². The lowest BCUT2D eigenvalue weighted by atomic mass is 9.74. The van der Waals surface area contributed by atoms with Gasteiger partial charge in [0.2, 0.25) is 5.79 Å². The average molecular weight is 739 g/mol. The number of methoxy groups -OCH3 is 1. The molecule has 6 bridgehead atoms. The number of rotatable bonds is 9. The van der Waals surface area contributed by atoms with E-state index in [0.29, 0.717) is 25.9 Å². The highest BCUT2D eigenvalue weighted by molar-refractivity contribution is 5.83. The van der Waals surface area contributed by atoms with E-state index in [1.165, 1.54) is 20.1 Å². The number of carbonyl (C=O) groups is 3. The summed E-state index contributed by atoms with van der Waals surface area (Å²) >= 11 is 0. The van der Waals surface area contributed by atoms with Crippen molar-refractivity contribution in [1.29, 1.82) is 0 Å². The minimum Gasteiger partial charge on any atom is -0.466 e.